The van der Waals surface area contributed by atoms with Gasteiger partial charge in [-0.25, -0.2) is 0 Å². The minimum absolute atomic E-state index is 0.0695. The van der Waals surface area contributed by atoms with Gasteiger partial charge in [0.25, 0.3) is 0 Å². The highest BCUT2D eigenvalue weighted by Crippen LogP contribution is 2.23. The van der Waals surface area contributed by atoms with Gasteiger partial charge in [0.2, 0.25) is 0 Å². The predicted octanol–water partition coefficient (Wildman–Crippen LogP) is 4.97. The van der Waals surface area contributed by atoms with Crippen LogP contribution in [-0.2, 0) is 4.84 Å². The van der Waals surface area contributed by atoms with E-state index in [9.17, 15) is 0 Å². The van der Waals surface area contributed by atoms with E-state index in [0.717, 1.165) is 19.3 Å². The van der Waals surface area contributed by atoms with Crippen molar-refractivity contribution in [3.63, 3.8) is 0 Å². The van der Waals surface area contributed by atoms with E-state index in [-0.39, 0.29) is 11.5 Å². The van der Waals surface area contributed by atoms with E-state index in [4.69, 9.17) is 4.84 Å². The molecule has 0 aliphatic rings. The highest BCUT2D eigenvalue weighted by Gasteiger charge is 2.14. The molecule has 0 aromatic heterocycles. The van der Waals surface area contributed by atoms with Crippen LogP contribution < -0.4 is 0 Å². The third kappa shape index (κ3) is 4.91. The van der Waals surface area contributed by atoms with Crippen LogP contribution in [0.15, 0.2) is 35.5 Å². The highest BCUT2D eigenvalue weighted by atomic mass is 16.6. The largest absolute Gasteiger partial charge is 0.388 e. The lowest BCUT2D eigenvalue weighted by molar-refractivity contribution is 0.0510. The van der Waals surface area contributed by atoms with Gasteiger partial charge in [-0.1, -0.05) is 69.6 Å². The van der Waals surface area contributed by atoms with Crippen LogP contribution in [0.3, 0.4) is 0 Å². The minimum Gasteiger partial charge on any atom is -0.388 e. The van der Waals surface area contributed by atoms with Crippen molar-refractivity contribution in [3.8, 4) is 0 Å². The van der Waals surface area contributed by atoms with Gasteiger partial charge in [-0.2, -0.15) is 0 Å². The molecule has 18 heavy (non-hydrogen) atoms. The van der Waals surface area contributed by atoms with Crippen molar-refractivity contribution in [1.29, 1.82) is 0 Å². The van der Waals surface area contributed by atoms with Crippen LogP contribution in [0.5, 0.6) is 0 Å². The summed E-state index contributed by atoms with van der Waals surface area (Å²) in [6.45, 7) is 8.65. The highest BCUT2D eigenvalue weighted by molar-refractivity contribution is 5.63. The fourth-order valence-electron chi connectivity index (χ4n) is 1.55. The Morgan fingerprint density at radius 1 is 1.22 bits per heavy atom. The summed E-state index contributed by atoms with van der Waals surface area (Å²) in [5.74, 6) is 0. The standard InChI is InChI=1S/C16H25NO/c1-5-10-15(14-11-8-7-9-12-14)18-17-13-16(3,4)6-2/h7-9,11-13,15H,5-6,10H2,1-4H3/b17-13+/t15-/m0/s1. The molecule has 0 unspecified atom stereocenters. The van der Waals surface area contributed by atoms with Crippen LogP contribution in [0.4, 0.5) is 0 Å². The SMILES string of the molecule is CCC[C@H](O/N=C/C(C)(C)CC)c1ccccc1. The van der Waals surface area contributed by atoms with Gasteiger partial charge in [-0.3, -0.25) is 0 Å². The maximum absolute atomic E-state index is 5.68. The van der Waals surface area contributed by atoms with E-state index >= 15 is 0 Å². The van der Waals surface area contributed by atoms with Gasteiger partial charge in [0.05, 0.1) is 0 Å². The molecule has 0 saturated heterocycles. The molecule has 2 heteroatoms. The fraction of sp³-hybridized carbons (Fsp3) is 0.562. The molecule has 1 atom stereocenters. The molecule has 1 aromatic rings. The van der Waals surface area contributed by atoms with E-state index < -0.39 is 0 Å². The van der Waals surface area contributed by atoms with E-state index in [0.29, 0.717) is 0 Å². The molecule has 0 aliphatic carbocycles. The summed E-state index contributed by atoms with van der Waals surface area (Å²) >= 11 is 0. The molecule has 0 fully saturated rings. The van der Waals surface area contributed by atoms with E-state index in [2.05, 4.69) is 45.0 Å². The third-order valence-electron chi connectivity index (χ3n) is 3.22. The molecule has 0 heterocycles. The Balaban J connectivity index is 2.65. The Labute approximate surface area is 111 Å². The van der Waals surface area contributed by atoms with Gasteiger partial charge < -0.3 is 4.84 Å². The average Bonchev–Trinajstić information content (AvgIpc) is 2.39. The normalized spacial score (nSPS) is 13.8. The zero-order valence-corrected chi connectivity index (χ0v) is 12.0. The van der Waals surface area contributed by atoms with Crippen molar-refractivity contribution in [1.82, 2.24) is 0 Å². The van der Waals surface area contributed by atoms with E-state index in [1.165, 1.54) is 5.56 Å². The summed E-state index contributed by atoms with van der Waals surface area (Å²) in [7, 11) is 0. The Hall–Kier alpha value is -1.31. The lowest BCUT2D eigenvalue weighted by Crippen LogP contribution is -2.11. The van der Waals surface area contributed by atoms with Gasteiger partial charge >= 0.3 is 0 Å². The number of hydrogen-bond donors (Lipinski definition) is 0. The van der Waals surface area contributed by atoms with Crippen molar-refractivity contribution in [2.75, 3.05) is 0 Å². The van der Waals surface area contributed by atoms with E-state index in [1.54, 1.807) is 0 Å². The summed E-state index contributed by atoms with van der Waals surface area (Å²) in [5.41, 5.74) is 1.30. The van der Waals surface area contributed by atoms with Gasteiger partial charge in [0.15, 0.2) is 6.10 Å². The van der Waals surface area contributed by atoms with Gasteiger partial charge in [0, 0.05) is 11.6 Å². The van der Waals surface area contributed by atoms with Crippen LogP contribution in [-0.4, -0.2) is 6.21 Å². The lowest BCUT2D eigenvalue weighted by Gasteiger charge is -2.18. The maximum atomic E-state index is 5.68. The molecule has 0 bridgehead atoms. The lowest BCUT2D eigenvalue weighted by atomic mass is 9.92. The van der Waals surface area contributed by atoms with Crippen molar-refractivity contribution < 1.29 is 4.84 Å². The van der Waals surface area contributed by atoms with Crippen LogP contribution in [0.1, 0.15) is 58.6 Å². The van der Waals surface area contributed by atoms with Crippen molar-refractivity contribution in [3.05, 3.63) is 35.9 Å². The van der Waals surface area contributed by atoms with Gasteiger partial charge in [-0.15, -0.1) is 0 Å². The first-order valence-corrected chi connectivity index (χ1v) is 6.84. The summed E-state index contributed by atoms with van der Waals surface area (Å²) < 4.78 is 0. The van der Waals surface area contributed by atoms with Crippen molar-refractivity contribution >= 4 is 6.21 Å². The number of benzene rings is 1. The topological polar surface area (TPSA) is 21.6 Å². The molecule has 0 radical (unpaired) electrons. The quantitative estimate of drug-likeness (QED) is 0.492. The number of oxime groups is 1. The fourth-order valence-corrected chi connectivity index (χ4v) is 1.55. The summed E-state index contributed by atoms with van der Waals surface area (Å²) in [6.07, 6.45) is 5.13. The van der Waals surface area contributed by atoms with Crippen LogP contribution in [0.25, 0.3) is 0 Å². The molecular formula is C16H25NO. The Kier molecular flexibility index (Phi) is 5.90. The Bertz CT molecular complexity index is 357. The monoisotopic (exact) mass is 247 g/mol. The summed E-state index contributed by atoms with van der Waals surface area (Å²) in [4.78, 5) is 5.68. The molecule has 0 aliphatic heterocycles. The number of rotatable bonds is 7. The van der Waals surface area contributed by atoms with Crippen molar-refractivity contribution in [2.45, 2.75) is 53.1 Å². The second kappa shape index (κ2) is 7.20. The van der Waals surface area contributed by atoms with Crippen LogP contribution in [0, 0.1) is 5.41 Å². The molecule has 0 N–H and O–H groups in total. The Morgan fingerprint density at radius 3 is 2.44 bits per heavy atom. The van der Waals surface area contributed by atoms with Crippen LogP contribution in [0.2, 0.25) is 0 Å². The minimum atomic E-state index is 0.0695. The molecule has 0 spiro atoms. The summed E-state index contributed by atoms with van der Waals surface area (Å²) in [5, 5.41) is 4.18. The number of nitrogens with zero attached hydrogens (tertiary/aromatic N) is 1. The van der Waals surface area contributed by atoms with Crippen molar-refractivity contribution in [2.24, 2.45) is 10.6 Å². The molecule has 1 rings (SSSR count). The Morgan fingerprint density at radius 2 is 1.89 bits per heavy atom. The first kappa shape index (κ1) is 14.7. The second-order valence-electron chi connectivity index (χ2n) is 5.37. The predicted molar refractivity (Wildman–Crippen MR) is 77.7 cm³/mol. The average molecular weight is 247 g/mol. The second-order valence-corrected chi connectivity index (χ2v) is 5.37. The van der Waals surface area contributed by atoms with Crippen LogP contribution >= 0.6 is 0 Å². The zero-order valence-electron chi connectivity index (χ0n) is 12.0. The first-order valence-electron chi connectivity index (χ1n) is 6.84. The molecule has 100 valence electrons. The van der Waals surface area contributed by atoms with Gasteiger partial charge in [-0.05, 0) is 18.4 Å². The smallest absolute Gasteiger partial charge is 0.152 e. The molecular weight excluding hydrogens is 222 g/mol. The number of hydrogen-bond acceptors (Lipinski definition) is 2. The maximum Gasteiger partial charge on any atom is 0.152 e. The third-order valence-corrected chi connectivity index (χ3v) is 3.22. The molecule has 0 amide bonds. The molecule has 0 saturated carbocycles. The van der Waals surface area contributed by atoms with Gasteiger partial charge in [0.1, 0.15) is 0 Å². The first-order chi connectivity index (χ1) is 8.59. The van der Waals surface area contributed by atoms with E-state index in [1.807, 2.05) is 24.4 Å². The molecule has 1 aromatic carbocycles. The zero-order chi connectivity index (χ0) is 13.4. The summed E-state index contributed by atoms with van der Waals surface area (Å²) in [6, 6.07) is 10.3. The molecule has 2 nitrogen and oxygen atoms in total.